The van der Waals surface area contributed by atoms with Crippen molar-refractivity contribution < 1.29 is 40.1 Å². The molecule has 220 valence electrons. The van der Waals surface area contributed by atoms with Gasteiger partial charge in [-0.15, -0.1) is 0 Å². The molecule has 8 N–H and O–H groups in total. The van der Waals surface area contributed by atoms with Gasteiger partial charge in [-0.05, 0) is 6.42 Å². The average molecular weight is 575 g/mol. The number of nitrogens with zero attached hydrogens (tertiary/aromatic N) is 8. The SMILES string of the molecule is OC[C@@H]1OC(n2cnc3c(NCCCNc4ncnc5c4ncn5C4O[C@H](CO)[C@@H](O)[C@H]4O)ncnc32)[C@@H](O)[C@H]1O. The summed E-state index contributed by atoms with van der Waals surface area (Å²) in [5.41, 5.74) is 1.68. The number of aromatic nitrogens is 8. The minimum absolute atomic E-state index is 0.392. The van der Waals surface area contributed by atoms with Gasteiger partial charge < -0.3 is 50.7 Å². The van der Waals surface area contributed by atoms with Gasteiger partial charge >= 0.3 is 0 Å². The third-order valence-electron chi connectivity index (χ3n) is 7.24. The Hall–Kier alpha value is -3.62. The van der Waals surface area contributed by atoms with Crippen molar-refractivity contribution in [3.8, 4) is 0 Å². The second-order valence-corrected chi connectivity index (χ2v) is 9.76. The summed E-state index contributed by atoms with van der Waals surface area (Å²) in [5.74, 6) is 0.948. The van der Waals surface area contributed by atoms with Crippen LogP contribution in [-0.4, -0.2) is 133 Å². The molecule has 0 aromatic carbocycles. The van der Waals surface area contributed by atoms with Crippen LogP contribution in [0.4, 0.5) is 11.6 Å². The molecule has 2 saturated heterocycles. The van der Waals surface area contributed by atoms with E-state index in [1.165, 1.54) is 34.4 Å². The molecule has 0 amide bonds. The van der Waals surface area contributed by atoms with E-state index in [0.29, 0.717) is 53.5 Å². The summed E-state index contributed by atoms with van der Waals surface area (Å²) in [6.07, 6.45) is -2.55. The van der Waals surface area contributed by atoms with Gasteiger partial charge in [0, 0.05) is 13.1 Å². The van der Waals surface area contributed by atoms with Gasteiger partial charge in [0.1, 0.15) is 49.3 Å². The third kappa shape index (κ3) is 4.83. The molecule has 8 atom stereocenters. The molecule has 0 bridgehead atoms. The summed E-state index contributed by atoms with van der Waals surface area (Å²) < 4.78 is 14.2. The van der Waals surface area contributed by atoms with Crippen LogP contribution in [0.15, 0.2) is 25.3 Å². The number of fused-ring (bicyclic) bond motifs is 2. The molecule has 6 rings (SSSR count). The van der Waals surface area contributed by atoms with E-state index in [2.05, 4.69) is 40.5 Å². The van der Waals surface area contributed by atoms with Crippen LogP contribution in [0.25, 0.3) is 22.3 Å². The first kappa shape index (κ1) is 27.5. The van der Waals surface area contributed by atoms with Gasteiger partial charge in [-0.25, -0.2) is 29.9 Å². The molecule has 2 unspecified atom stereocenters. The molecule has 2 aliphatic rings. The maximum absolute atomic E-state index is 10.4. The summed E-state index contributed by atoms with van der Waals surface area (Å²) in [5, 5.41) is 66.1. The molecular weight excluding hydrogens is 544 g/mol. The fraction of sp³-hybridized carbons (Fsp3) is 0.565. The topological polar surface area (TPSA) is 251 Å². The smallest absolute Gasteiger partial charge is 0.167 e. The van der Waals surface area contributed by atoms with E-state index >= 15 is 0 Å². The van der Waals surface area contributed by atoms with Gasteiger partial charge in [0.2, 0.25) is 0 Å². The van der Waals surface area contributed by atoms with Gasteiger partial charge in [0.05, 0.1) is 25.9 Å². The molecule has 4 aromatic rings. The molecule has 41 heavy (non-hydrogen) atoms. The second kappa shape index (κ2) is 11.3. The Labute approximate surface area is 231 Å². The summed E-state index contributed by atoms with van der Waals surface area (Å²) >= 11 is 0. The fourth-order valence-electron chi connectivity index (χ4n) is 5.06. The van der Waals surface area contributed by atoms with Crippen LogP contribution in [0.1, 0.15) is 18.9 Å². The Morgan fingerprint density at radius 3 is 1.46 bits per heavy atom. The molecule has 0 radical (unpaired) electrons. The van der Waals surface area contributed by atoms with Gasteiger partial charge in [-0.1, -0.05) is 0 Å². The highest BCUT2D eigenvalue weighted by Gasteiger charge is 2.45. The minimum atomic E-state index is -1.26. The lowest BCUT2D eigenvalue weighted by molar-refractivity contribution is -0.0511. The highest BCUT2D eigenvalue weighted by Crippen LogP contribution is 2.33. The number of nitrogens with one attached hydrogen (secondary N) is 2. The normalized spacial score (nSPS) is 30.0. The number of aliphatic hydroxyl groups excluding tert-OH is 6. The zero-order valence-corrected chi connectivity index (χ0v) is 21.5. The van der Waals surface area contributed by atoms with Crippen LogP contribution in [0.2, 0.25) is 0 Å². The Bertz CT molecular complexity index is 1390. The molecule has 4 aromatic heterocycles. The van der Waals surface area contributed by atoms with Crippen molar-refractivity contribution in [1.82, 2.24) is 39.0 Å². The van der Waals surface area contributed by atoms with Crippen LogP contribution in [0, 0.1) is 0 Å². The van der Waals surface area contributed by atoms with E-state index in [1.54, 1.807) is 0 Å². The number of aliphatic hydroxyl groups is 6. The van der Waals surface area contributed by atoms with Crippen LogP contribution in [-0.2, 0) is 9.47 Å². The molecule has 6 heterocycles. The predicted octanol–water partition coefficient (Wildman–Crippen LogP) is -2.90. The monoisotopic (exact) mass is 574 g/mol. The Balaban J connectivity index is 1.08. The van der Waals surface area contributed by atoms with E-state index in [1.807, 2.05) is 0 Å². The molecule has 0 saturated carbocycles. The predicted molar refractivity (Wildman–Crippen MR) is 138 cm³/mol. The van der Waals surface area contributed by atoms with Gasteiger partial charge in [-0.3, -0.25) is 9.13 Å². The zero-order valence-electron chi connectivity index (χ0n) is 21.5. The van der Waals surface area contributed by atoms with E-state index in [0.717, 1.165) is 0 Å². The standard InChI is InChI=1S/C23H30N10O8/c34-4-10-14(36)16(38)22(40-10)32-8-30-12-18(26-6-28-20(12)32)24-2-1-3-25-19-13-21(29-7-27-19)33(9-31-13)23-17(39)15(37)11(5-35)41-23/h6-11,14-17,22-23,34-39H,1-5H2,(H,24,26,28)(H,25,27,29)/t10-,11+,14-,15+,16-,17+,22?,23?. The van der Waals surface area contributed by atoms with E-state index in [-0.39, 0.29) is 0 Å². The minimum Gasteiger partial charge on any atom is -0.394 e. The number of hydrogen-bond donors (Lipinski definition) is 8. The molecule has 2 fully saturated rings. The lowest BCUT2D eigenvalue weighted by Gasteiger charge is -2.16. The zero-order chi connectivity index (χ0) is 28.7. The first-order chi connectivity index (χ1) is 19.9. The van der Waals surface area contributed by atoms with Crippen molar-refractivity contribution in [3.05, 3.63) is 25.3 Å². The highest BCUT2D eigenvalue weighted by molar-refractivity contribution is 5.83. The van der Waals surface area contributed by atoms with Crippen molar-refractivity contribution in [2.45, 2.75) is 55.5 Å². The number of hydrogen-bond acceptors (Lipinski definition) is 16. The lowest BCUT2D eigenvalue weighted by atomic mass is 10.1. The lowest BCUT2D eigenvalue weighted by Crippen LogP contribution is -2.33. The van der Waals surface area contributed by atoms with E-state index in [9.17, 15) is 30.6 Å². The van der Waals surface area contributed by atoms with Crippen molar-refractivity contribution in [2.24, 2.45) is 0 Å². The van der Waals surface area contributed by atoms with Crippen LogP contribution < -0.4 is 10.6 Å². The van der Waals surface area contributed by atoms with Crippen molar-refractivity contribution in [1.29, 1.82) is 0 Å². The molecule has 0 aliphatic carbocycles. The fourth-order valence-corrected chi connectivity index (χ4v) is 5.06. The molecule has 18 nitrogen and oxygen atoms in total. The third-order valence-corrected chi connectivity index (χ3v) is 7.24. The molecule has 18 heteroatoms. The number of anilines is 2. The first-order valence-electron chi connectivity index (χ1n) is 13.0. The molecule has 2 aliphatic heterocycles. The van der Waals surface area contributed by atoms with Crippen molar-refractivity contribution >= 4 is 34.0 Å². The second-order valence-electron chi connectivity index (χ2n) is 9.76. The van der Waals surface area contributed by atoms with Crippen LogP contribution in [0.3, 0.4) is 0 Å². The maximum atomic E-state index is 10.4. The van der Waals surface area contributed by atoms with Gasteiger partial charge in [0.25, 0.3) is 0 Å². The van der Waals surface area contributed by atoms with Crippen molar-refractivity contribution in [2.75, 3.05) is 36.9 Å². The summed E-state index contributed by atoms with van der Waals surface area (Å²) in [4.78, 5) is 25.7. The summed E-state index contributed by atoms with van der Waals surface area (Å²) in [6.45, 7) is 0.135. The number of rotatable bonds is 10. The summed E-state index contributed by atoms with van der Waals surface area (Å²) in [6, 6.07) is 0. The van der Waals surface area contributed by atoms with Crippen LogP contribution in [0.5, 0.6) is 0 Å². The first-order valence-corrected chi connectivity index (χ1v) is 13.0. The molecular formula is C23H30N10O8. The largest absolute Gasteiger partial charge is 0.394 e. The van der Waals surface area contributed by atoms with E-state index in [4.69, 9.17) is 9.47 Å². The number of imidazole rings is 2. The Morgan fingerprint density at radius 1 is 0.634 bits per heavy atom. The highest BCUT2D eigenvalue weighted by atomic mass is 16.6. The quantitative estimate of drug-likeness (QED) is 0.0884. The average Bonchev–Trinajstić information content (AvgIpc) is 3.74. The number of ether oxygens (including phenoxy) is 2. The van der Waals surface area contributed by atoms with Gasteiger partial charge in [0.15, 0.2) is 46.4 Å². The van der Waals surface area contributed by atoms with Crippen LogP contribution >= 0.6 is 0 Å². The van der Waals surface area contributed by atoms with Crippen molar-refractivity contribution in [3.63, 3.8) is 0 Å². The van der Waals surface area contributed by atoms with Gasteiger partial charge in [-0.2, -0.15) is 0 Å². The Kier molecular flexibility index (Phi) is 7.62. The molecule has 0 spiro atoms. The maximum Gasteiger partial charge on any atom is 0.167 e. The summed E-state index contributed by atoms with van der Waals surface area (Å²) in [7, 11) is 0. The Morgan fingerprint density at radius 2 is 1.07 bits per heavy atom. The van der Waals surface area contributed by atoms with E-state index < -0.39 is 62.3 Å².